The van der Waals surface area contributed by atoms with Gasteiger partial charge in [0.25, 0.3) is 0 Å². The third-order valence-electron chi connectivity index (χ3n) is 3.31. The van der Waals surface area contributed by atoms with Gasteiger partial charge < -0.3 is 5.11 Å². The lowest BCUT2D eigenvalue weighted by Crippen LogP contribution is -2.02. The first kappa shape index (κ1) is 15.7. The maximum atomic E-state index is 13.7. The van der Waals surface area contributed by atoms with Crippen molar-refractivity contribution in [3.05, 3.63) is 70.6 Å². The van der Waals surface area contributed by atoms with Crippen LogP contribution in [-0.4, -0.2) is 20.9 Å². The highest BCUT2D eigenvalue weighted by atomic mass is 35.5. The highest BCUT2D eigenvalue weighted by Crippen LogP contribution is 2.28. The molecule has 3 aromatic rings. The number of hydrogen-bond acceptors (Lipinski definition) is 3. The first-order chi connectivity index (χ1) is 11.5. The molecule has 1 aromatic heterocycles. The van der Waals surface area contributed by atoms with Crippen molar-refractivity contribution in [3.63, 3.8) is 0 Å². The lowest BCUT2D eigenvalue weighted by Gasteiger charge is -2.08. The second-order valence-corrected chi connectivity index (χ2v) is 5.39. The third kappa shape index (κ3) is 2.98. The third-order valence-corrected chi connectivity index (χ3v) is 3.52. The summed E-state index contributed by atoms with van der Waals surface area (Å²) in [7, 11) is 0. The summed E-state index contributed by atoms with van der Waals surface area (Å²) in [5.41, 5.74) is 1.40. The van der Waals surface area contributed by atoms with E-state index < -0.39 is 11.8 Å². The number of carbonyl (C=O) groups is 1. The molecule has 7 heteroatoms. The minimum atomic E-state index is -1.21. The van der Waals surface area contributed by atoms with Crippen molar-refractivity contribution in [1.82, 2.24) is 9.78 Å². The molecule has 0 aliphatic rings. The number of benzene rings is 2. The van der Waals surface area contributed by atoms with E-state index in [0.29, 0.717) is 22.5 Å². The average molecular weight is 342 g/mol. The van der Waals surface area contributed by atoms with Gasteiger partial charge in [0.1, 0.15) is 5.82 Å². The van der Waals surface area contributed by atoms with Crippen molar-refractivity contribution in [3.8, 4) is 23.0 Å². The molecular weight excluding hydrogens is 333 g/mol. The summed E-state index contributed by atoms with van der Waals surface area (Å²) in [4.78, 5) is 11.3. The van der Waals surface area contributed by atoms with E-state index in [1.165, 1.54) is 22.9 Å². The number of rotatable bonds is 3. The summed E-state index contributed by atoms with van der Waals surface area (Å²) in [6.07, 6.45) is 0. The van der Waals surface area contributed by atoms with Gasteiger partial charge in [0.2, 0.25) is 0 Å². The Morgan fingerprint density at radius 1 is 1.25 bits per heavy atom. The molecule has 0 bridgehead atoms. The monoisotopic (exact) mass is 341 g/mol. The van der Waals surface area contributed by atoms with Gasteiger partial charge in [-0.1, -0.05) is 17.7 Å². The van der Waals surface area contributed by atoms with Crippen LogP contribution >= 0.6 is 11.6 Å². The number of hydrogen-bond donors (Lipinski definition) is 1. The first-order valence-electron chi connectivity index (χ1n) is 6.78. The molecule has 0 saturated carbocycles. The lowest BCUT2D eigenvalue weighted by molar-refractivity contribution is 0.0690. The molecule has 0 aliphatic heterocycles. The molecule has 5 nitrogen and oxygen atoms in total. The van der Waals surface area contributed by atoms with Crippen LogP contribution in [0.2, 0.25) is 5.02 Å². The van der Waals surface area contributed by atoms with Gasteiger partial charge in [0.05, 0.1) is 23.0 Å². The minimum absolute atomic E-state index is 0.181. The molecule has 3 rings (SSSR count). The largest absolute Gasteiger partial charge is 0.476 e. The Hall–Kier alpha value is -3.17. The normalized spacial score (nSPS) is 10.4. The van der Waals surface area contributed by atoms with Crippen molar-refractivity contribution in [2.24, 2.45) is 0 Å². The predicted molar refractivity (Wildman–Crippen MR) is 85.6 cm³/mol. The van der Waals surface area contributed by atoms with E-state index in [-0.39, 0.29) is 10.7 Å². The van der Waals surface area contributed by atoms with Crippen LogP contribution in [0.1, 0.15) is 16.1 Å². The van der Waals surface area contributed by atoms with Crippen LogP contribution in [0.3, 0.4) is 0 Å². The zero-order chi connectivity index (χ0) is 17.3. The van der Waals surface area contributed by atoms with Crippen LogP contribution in [0.5, 0.6) is 0 Å². The number of halogens is 2. The molecule has 2 aromatic carbocycles. The maximum absolute atomic E-state index is 13.7. The summed E-state index contributed by atoms with van der Waals surface area (Å²) in [6.45, 7) is 0. The topological polar surface area (TPSA) is 78.9 Å². The molecule has 0 unspecified atom stereocenters. The van der Waals surface area contributed by atoms with Gasteiger partial charge in [-0.2, -0.15) is 10.4 Å². The Kier molecular flexibility index (Phi) is 4.02. The summed E-state index contributed by atoms with van der Waals surface area (Å²) < 4.78 is 15.0. The highest BCUT2D eigenvalue weighted by Gasteiger charge is 2.17. The summed E-state index contributed by atoms with van der Waals surface area (Å²) in [5.74, 6) is -1.76. The van der Waals surface area contributed by atoms with Crippen molar-refractivity contribution in [2.75, 3.05) is 0 Å². The molecule has 118 valence electrons. The SMILES string of the molecule is N#Cc1cccc(-n2nc(C(=O)O)cc2-c2cc(F)cc(Cl)c2)c1. The van der Waals surface area contributed by atoms with E-state index in [4.69, 9.17) is 16.9 Å². The maximum Gasteiger partial charge on any atom is 0.356 e. The highest BCUT2D eigenvalue weighted by molar-refractivity contribution is 6.30. The van der Waals surface area contributed by atoms with Gasteiger partial charge in [0.15, 0.2) is 5.69 Å². The Morgan fingerprint density at radius 3 is 2.71 bits per heavy atom. The molecular formula is C17H9ClFN3O2. The summed E-state index contributed by atoms with van der Waals surface area (Å²) in [6, 6.07) is 13.7. The second kappa shape index (κ2) is 6.14. The minimum Gasteiger partial charge on any atom is -0.476 e. The van der Waals surface area contributed by atoms with E-state index >= 15 is 0 Å². The smallest absolute Gasteiger partial charge is 0.356 e. The van der Waals surface area contributed by atoms with E-state index in [1.54, 1.807) is 24.3 Å². The number of aromatic carboxylic acids is 1. The van der Waals surface area contributed by atoms with Crippen molar-refractivity contribution < 1.29 is 14.3 Å². The number of carboxylic acid groups (broad SMARTS) is 1. The Labute approximate surface area is 141 Å². The zero-order valence-corrected chi connectivity index (χ0v) is 12.8. The molecule has 0 saturated heterocycles. The van der Waals surface area contributed by atoms with Crippen LogP contribution in [0, 0.1) is 17.1 Å². The number of carboxylic acids is 1. The van der Waals surface area contributed by atoms with Crippen LogP contribution in [0.15, 0.2) is 48.5 Å². The predicted octanol–water partition coefficient (Wildman–Crippen LogP) is 3.90. The van der Waals surface area contributed by atoms with Gasteiger partial charge in [0, 0.05) is 10.6 Å². The molecule has 0 aliphatic carbocycles. The van der Waals surface area contributed by atoms with Gasteiger partial charge >= 0.3 is 5.97 Å². The zero-order valence-electron chi connectivity index (χ0n) is 12.1. The van der Waals surface area contributed by atoms with Crippen LogP contribution in [0.4, 0.5) is 4.39 Å². The van der Waals surface area contributed by atoms with Crippen molar-refractivity contribution in [2.45, 2.75) is 0 Å². The molecule has 1 heterocycles. The Balaban J connectivity index is 2.25. The van der Waals surface area contributed by atoms with Crippen LogP contribution in [0.25, 0.3) is 16.9 Å². The molecule has 0 radical (unpaired) electrons. The van der Waals surface area contributed by atoms with Gasteiger partial charge in [-0.3, -0.25) is 0 Å². The molecule has 1 N–H and O–H groups in total. The number of aromatic nitrogens is 2. The van der Waals surface area contributed by atoms with Crippen molar-refractivity contribution >= 4 is 17.6 Å². The van der Waals surface area contributed by atoms with Crippen LogP contribution < -0.4 is 0 Å². The van der Waals surface area contributed by atoms with Gasteiger partial charge in [-0.25, -0.2) is 13.9 Å². The summed E-state index contributed by atoms with van der Waals surface area (Å²) in [5, 5.41) is 22.4. The molecule has 0 spiro atoms. The fourth-order valence-electron chi connectivity index (χ4n) is 2.30. The van der Waals surface area contributed by atoms with E-state index in [9.17, 15) is 14.3 Å². The van der Waals surface area contributed by atoms with E-state index in [2.05, 4.69) is 5.10 Å². The van der Waals surface area contributed by atoms with Crippen molar-refractivity contribution in [1.29, 1.82) is 5.26 Å². The van der Waals surface area contributed by atoms with Gasteiger partial charge in [-0.15, -0.1) is 0 Å². The molecule has 0 fully saturated rings. The standard InChI is InChI=1S/C17H9ClFN3O2/c18-12-5-11(6-13(19)7-12)16-8-15(17(23)24)21-22(16)14-3-1-2-10(4-14)9-20/h1-8H,(H,23,24). The Bertz CT molecular complexity index is 971. The first-order valence-corrected chi connectivity index (χ1v) is 7.16. The number of nitrogens with zero attached hydrogens (tertiary/aromatic N) is 3. The van der Waals surface area contributed by atoms with E-state index in [0.717, 1.165) is 6.07 Å². The quantitative estimate of drug-likeness (QED) is 0.783. The average Bonchev–Trinajstić information content (AvgIpc) is 2.99. The van der Waals surface area contributed by atoms with Crippen LogP contribution in [-0.2, 0) is 0 Å². The number of nitriles is 1. The summed E-state index contributed by atoms with van der Waals surface area (Å²) >= 11 is 5.89. The van der Waals surface area contributed by atoms with E-state index in [1.807, 2.05) is 6.07 Å². The lowest BCUT2D eigenvalue weighted by atomic mass is 10.1. The Morgan fingerprint density at radius 2 is 2.04 bits per heavy atom. The molecule has 0 amide bonds. The second-order valence-electron chi connectivity index (χ2n) is 4.95. The van der Waals surface area contributed by atoms with Gasteiger partial charge in [-0.05, 0) is 42.5 Å². The molecule has 0 atom stereocenters. The fraction of sp³-hybridized carbons (Fsp3) is 0. The fourth-order valence-corrected chi connectivity index (χ4v) is 2.52. The molecule has 24 heavy (non-hydrogen) atoms.